The van der Waals surface area contributed by atoms with Crippen molar-refractivity contribution in [2.75, 3.05) is 13.7 Å². The Bertz CT molecular complexity index is 653. The van der Waals surface area contributed by atoms with Crippen LogP contribution < -0.4 is 5.32 Å². The molecular weight excluding hydrogens is 300 g/mol. The van der Waals surface area contributed by atoms with Gasteiger partial charge in [0.15, 0.2) is 0 Å². The highest BCUT2D eigenvalue weighted by atomic mass is 32.1. The van der Waals surface area contributed by atoms with E-state index in [1.54, 1.807) is 17.4 Å². The molecule has 116 valence electrons. The molecule has 0 spiro atoms. The number of rotatable bonds is 6. The van der Waals surface area contributed by atoms with Crippen molar-refractivity contribution in [3.05, 3.63) is 40.9 Å². The summed E-state index contributed by atoms with van der Waals surface area (Å²) in [6.45, 7) is 2.25. The Balaban J connectivity index is 1.94. The van der Waals surface area contributed by atoms with Gasteiger partial charge in [-0.2, -0.15) is 0 Å². The number of pyridine rings is 1. The standard InChI is InChI=1S/C16H18N2O3S/c1-11-12(16(20)17-9-3-6-15(19)21-2)7-8-13(18-11)14-5-4-10-22-14/h4-5,7-8,10H,3,6,9H2,1-2H3,(H,17,20). The van der Waals surface area contributed by atoms with Crippen molar-refractivity contribution in [1.29, 1.82) is 0 Å². The van der Waals surface area contributed by atoms with Gasteiger partial charge in [-0.1, -0.05) is 6.07 Å². The molecule has 1 N–H and O–H groups in total. The number of esters is 1. The molecule has 0 aromatic carbocycles. The van der Waals surface area contributed by atoms with Crippen molar-refractivity contribution < 1.29 is 14.3 Å². The fourth-order valence-electron chi connectivity index (χ4n) is 1.99. The number of aromatic nitrogens is 1. The van der Waals surface area contributed by atoms with E-state index in [1.807, 2.05) is 30.5 Å². The summed E-state index contributed by atoms with van der Waals surface area (Å²) < 4.78 is 4.55. The summed E-state index contributed by atoms with van der Waals surface area (Å²) in [6, 6.07) is 7.60. The van der Waals surface area contributed by atoms with Gasteiger partial charge < -0.3 is 10.1 Å². The van der Waals surface area contributed by atoms with Crippen LogP contribution in [0.1, 0.15) is 28.9 Å². The van der Waals surface area contributed by atoms with Crippen LogP contribution >= 0.6 is 11.3 Å². The fourth-order valence-corrected chi connectivity index (χ4v) is 2.69. The van der Waals surface area contributed by atoms with Crippen LogP contribution in [0, 0.1) is 6.92 Å². The Kier molecular flexibility index (Phi) is 5.66. The molecule has 22 heavy (non-hydrogen) atoms. The predicted molar refractivity (Wildman–Crippen MR) is 85.9 cm³/mol. The Labute approximate surface area is 133 Å². The zero-order valence-corrected chi connectivity index (χ0v) is 13.4. The van der Waals surface area contributed by atoms with Gasteiger partial charge in [-0.25, -0.2) is 0 Å². The van der Waals surface area contributed by atoms with Crippen LogP contribution in [0.3, 0.4) is 0 Å². The lowest BCUT2D eigenvalue weighted by Crippen LogP contribution is -2.26. The lowest BCUT2D eigenvalue weighted by atomic mass is 10.1. The van der Waals surface area contributed by atoms with Crippen LogP contribution in [0.25, 0.3) is 10.6 Å². The summed E-state index contributed by atoms with van der Waals surface area (Å²) in [6.07, 6.45) is 0.851. The normalized spacial score (nSPS) is 10.3. The third kappa shape index (κ3) is 4.14. The number of nitrogens with one attached hydrogen (secondary N) is 1. The van der Waals surface area contributed by atoms with E-state index in [0.717, 1.165) is 10.6 Å². The van der Waals surface area contributed by atoms with E-state index in [9.17, 15) is 9.59 Å². The SMILES string of the molecule is COC(=O)CCCNC(=O)c1ccc(-c2cccs2)nc1C. The second kappa shape index (κ2) is 7.70. The van der Waals surface area contributed by atoms with Gasteiger partial charge in [0.05, 0.1) is 28.9 Å². The first kappa shape index (κ1) is 16.2. The van der Waals surface area contributed by atoms with Crippen LogP contribution in [0.5, 0.6) is 0 Å². The minimum Gasteiger partial charge on any atom is -0.469 e. The summed E-state index contributed by atoms with van der Waals surface area (Å²) >= 11 is 1.61. The quantitative estimate of drug-likeness (QED) is 0.657. The fraction of sp³-hybridized carbons (Fsp3) is 0.312. The van der Waals surface area contributed by atoms with E-state index in [4.69, 9.17) is 0 Å². The van der Waals surface area contributed by atoms with E-state index in [2.05, 4.69) is 15.0 Å². The van der Waals surface area contributed by atoms with Gasteiger partial charge in [-0.15, -0.1) is 11.3 Å². The minimum atomic E-state index is -0.271. The van der Waals surface area contributed by atoms with Crippen LogP contribution in [0.4, 0.5) is 0 Å². The van der Waals surface area contributed by atoms with E-state index >= 15 is 0 Å². The summed E-state index contributed by atoms with van der Waals surface area (Å²) in [7, 11) is 1.35. The number of hydrogen-bond acceptors (Lipinski definition) is 5. The minimum absolute atomic E-state index is 0.174. The van der Waals surface area contributed by atoms with E-state index in [0.29, 0.717) is 30.6 Å². The number of amides is 1. The van der Waals surface area contributed by atoms with Crippen molar-refractivity contribution in [3.63, 3.8) is 0 Å². The summed E-state index contributed by atoms with van der Waals surface area (Å²) in [5.41, 5.74) is 2.12. The van der Waals surface area contributed by atoms with Crippen LogP contribution in [-0.4, -0.2) is 30.5 Å². The highest BCUT2D eigenvalue weighted by Gasteiger charge is 2.11. The van der Waals surface area contributed by atoms with E-state index in [-0.39, 0.29) is 11.9 Å². The molecule has 0 unspecified atom stereocenters. The second-order valence-corrected chi connectivity index (χ2v) is 5.69. The van der Waals surface area contributed by atoms with Gasteiger partial charge in [0.25, 0.3) is 5.91 Å². The average molecular weight is 318 g/mol. The van der Waals surface area contributed by atoms with Gasteiger partial charge in [0.1, 0.15) is 0 Å². The molecule has 1 amide bonds. The van der Waals surface area contributed by atoms with Gasteiger partial charge >= 0.3 is 5.97 Å². The van der Waals surface area contributed by atoms with Crippen molar-refractivity contribution in [2.24, 2.45) is 0 Å². The average Bonchev–Trinajstić information content (AvgIpc) is 3.05. The number of hydrogen-bond donors (Lipinski definition) is 1. The molecule has 0 aliphatic rings. The lowest BCUT2D eigenvalue weighted by Gasteiger charge is -2.08. The maximum absolute atomic E-state index is 12.1. The van der Waals surface area contributed by atoms with Gasteiger partial charge in [-0.3, -0.25) is 14.6 Å². The topological polar surface area (TPSA) is 68.3 Å². The molecule has 0 bridgehead atoms. The molecule has 2 aromatic heterocycles. The first-order valence-electron chi connectivity index (χ1n) is 6.98. The third-order valence-corrected chi connectivity index (χ3v) is 4.07. The predicted octanol–water partition coefficient (Wildman–Crippen LogP) is 2.80. The third-order valence-electron chi connectivity index (χ3n) is 3.17. The summed E-state index contributed by atoms with van der Waals surface area (Å²) in [5.74, 6) is -0.444. The molecule has 0 saturated carbocycles. The van der Waals surface area contributed by atoms with Crippen molar-refractivity contribution >= 4 is 23.2 Å². The molecule has 0 atom stereocenters. The summed E-state index contributed by atoms with van der Waals surface area (Å²) in [4.78, 5) is 28.7. The Morgan fingerprint density at radius 3 is 2.77 bits per heavy atom. The molecule has 2 aromatic rings. The number of methoxy groups -OCH3 is 1. The van der Waals surface area contributed by atoms with Crippen LogP contribution in [-0.2, 0) is 9.53 Å². The molecule has 5 nitrogen and oxygen atoms in total. The molecule has 0 fully saturated rings. The van der Waals surface area contributed by atoms with Crippen molar-refractivity contribution in [1.82, 2.24) is 10.3 Å². The maximum atomic E-state index is 12.1. The lowest BCUT2D eigenvalue weighted by molar-refractivity contribution is -0.140. The van der Waals surface area contributed by atoms with Crippen molar-refractivity contribution in [2.45, 2.75) is 19.8 Å². The highest BCUT2D eigenvalue weighted by molar-refractivity contribution is 7.13. The molecule has 0 saturated heterocycles. The number of carbonyl (C=O) groups excluding carboxylic acids is 2. The van der Waals surface area contributed by atoms with Gasteiger partial charge in [-0.05, 0) is 36.9 Å². The second-order valence-electron chi connectivity index (χ2n) is 4.74. The number of ether oxygens (including phenoxy) is 1. The number of nitrogens with zero attached hydrogens (tertiary/aromatic N) is 1. The number of carbonyl (C=O) groups is 2. The van der Waals surface area contributed by atoms with Crippen LogP contribution in [0.15, 0.2) is 29.6 Å². The van der Waals surface area contributed by atoms with Crippen LogP contribution in [0.2, 0.25) is 0 Å². The molecule has 2 heterocycles. The van der Waals surface area contributed by atoms with Gasteiger partial charge in [0.2, 0.25) is 0 Å². The monoisotopic (exact) mass is 318 g/mol. The van der Waals surface area contributed by atoms with Crippen molar-refractivity contribution in [3.8, 4) is 10.6 Å². The molecule has 6 heteroatoms. The van der Waals surface area contributed by atoms with E-state index in [1.165, 1.54) is 7.11 Å². The Morgan fingerprint density at radius 2 is 2.14 bits per heavy atom. The zero-order valence-electron chi connectivity index (χ0n) is 12.6. The molecule has 2 rings (SSSR count). The molecule has 0 radical (unpaired) electrons. The first-order chi connectivity index (χ1) is 10.6. The summed E-state index contributed by atoms with van der Waals surface area (Å²) in [5, 5.41) is 4.78. The molecule has 0 aliphatic heterocycles. The molecular formula is C16H18N2O3S. The Morgan fingerprint density at radius 1 is 1.32 bits per heavy atom. The zero-order chi connectivity index (χ0) is 15.9. The smallest absolute Gasteiger partial charge is 0.305 e. The number of aryl methyl sites for hydroxylation is 1. The number of thiophene rings is 1. The first-order valence-corrected chi connectivity index (χ1v) is 7.86. The maximum Gasteiger partial charge on any atom is 0.305 e. The van der Waals surface area contributed by atoms with Gasteiger partial charge in [0, 0.05) is 13.0 Å². The largest absolute Gasteiger partial charge is 0.469 e. The molecule has 0 aliphatic carbocycles. The van der Waals surface area contributed by atoms with E-state index < -0.39 is 0 Å². The highest BCUT2D eigenvalue weighted by Crippen LogP contribution is 2.23. The Hall–Kier alpha value is -2.21.